The third kappa shape index (κ3) is 2.57. The lowest BCUT2D eigenvalue weighted by Crippen LogP contribution is -2.03. The van der Waals surface area contributed by atoms with Crippen LogP contribution in [0.2, 0.25) is 0 Å². The molecule has 6 nitrogen and oxygen atoms in total. The molecular weight excluding hydrogens is 248 g/mol. The zero-order chi connectivity index (χ0) is 13.8. The first-order chi connectivity index (χ1) is 9.13. The molecule has 1 aromatic heterocycles. The van der Waals surface area contributed by atoms with Gasteiger partial charge in [-0.2, -0.15) is 0 Å². The van der Waals surface area contributed by atoms with Gasteiger partial charge in [-0.1, -0.05) is 6.07 Å². The molecular formula is C13H10N2O4. The number of benzene rings is 1. The van der Waals surface area contributed by atoms with Gasteiger partial charge in [-0.05, 0) is 24.3 Å². The normalized spacial score (nSPS) is 9.95. The SMILES string of the molecule is COC(=O)c1ccc(-c2ccccn2)c([N+](=O)[O-])c1. The van der Waals surface area contributed by atoms with E-state index >= 15 is 0 Å². The molecule has 1 heterocycles. The molecule has 0 aliphatic rings. The molecule has 0 saturated carbocycles. The van der Waals surface area contributed by atoms with Gasteiger partial charge in [0, 0.05) is 12.3 Å². The van der Waals surface area contributed by atoms with E-state index in [1.807, 2.05) is 0 Å². The Labute approximate surface area is 108 Å². The number of carbonyl (C=O) groups excluding carboxylic acids is 1. The predicted molar refractivity (Wildman–Crippen MR) is 67.7 cm³/mol. The number of hydrogen-bond donors (Lipinski definition) is 0. The third-order valence-corrected chi connectivity index (χ3v) is 2.56. The van der Waals surface area contributed by atoms with Crippen LogP contribution in [0.3, 0.4) is 0 Å². The predicted octanol–water partition coefficient (Wildman–Crippen LogP) is 2.44. The minimum atomic E-state index is -0.615. The van der Waals surface area contributed by atoms with E-state index in [1.54, 1.807) is 24.4 Å². The number of ether oxygens (including phenoxy) is 1. The number of pyridine rings is 1. The second kappa shape index (κ2) is 5.26. The standard InChI is InChI=1S/C13H10N2O4/c1-19-13(16)9-5-6-10(12(8-9)15(17)18)11-4-2-3-7-14-11/h2-8H,1H3. The van der Waals surface area contributed by atoms with Crippen LogP contribution >= 0.6 is 0 Å². The second-order valence-electron chi connectivity index (χ2n) is 3.70. The van der Waals surface area contributed by atoms with E-state index in [0.717, 1.165) is 0 Å². The largest absolute Gasteiger partial charge is 0.465 e. The van der Waals surface area contributed by atoms with E-state index in [2.05, 4.69) is 9.72 Å². The Morgan fingerprint density at radius 3 is 2.68 bits per heavy atom. The first-order valence-corrected chi connectivity index (χ1v) is 5.41. The van der Waals surface area contributed by atoms with Crippen LogP contribution in [0.15, 0.2) is 42.6 Å². The summed E-state index contributed by atoms with van der Waals surface area (Å²) in [6.07, 6.45) is 1.55. The number of esters is 1. The average Bonchev–Trinajstić information content (AvgIpc) is 2.46. The number of nitro groups is 1. The maximum atomic E-state index is 11.4. The third-order valence-electron chi connectivity index (χ3n) is 2.56. The van der Waals surface area contributed by atoms with E-state index in [4.69, 9.17) is 0 Å². The van der Waals surface area contributed by atoms with Gasteiger partial charge in [0.1, 0.15) is 0 Å². The molecule has 6 heteroatoms. The van der Waals surface area contributed by atoms with Gasteiger partial charge in [-0.3, -0.25) is 15.1 Å². The van der Waals surface area contributed by atoms with Gasteiger partial charge in [0.05, 0.1) is 28.9 Å². The molecule has 2 rings (SSSR count). The van der Waals surface area contributed by atoms with Gasteiger partial charge < -0.3 is 4.74 Å². The van der Waals surface area contributed by atoms with Crippen LogP contribution in [0.1, 0.15) is 10.4 Å². The molecule has 0 atom stereocenters. The highest BCUT2D eigenvalue weighted by Crippen LogP contribution is 2.29. The van der Waals surface area contributed by atoms with Gasteiger partial charge >= 0.3 is 5.97 Å². The van der Waals surface area contributed by atoms with Crippen LogP contribution in [0.25, 0.3) is 11.3 Å². The first kappa shape index (κ1) is 12.7. The highest BCUT2D eigenvalue weighted by atomic mass is 16.6. The summed E-state index contributed by atoms with van der Waals surface area (Å²) in [6.45, 7) is 0. The molecule has 2 aromatic rings. The van der Waals surface area contributed by atoms with Gasteiger partial charge in [0.25, 0.3) is 5.69 Å². The van der Waals surface area contributed by atoms with E-state index in [1.165, 1.54) is 25.3 Å². The minimum Gasteiger partial charge on any atom is -0.465 e. The van der Waals surface area contributed by atoms with E-state index in [9.17, 15) is 14.9 Å². The quantitative estimate of drug-likeness (QED) is 0.479. The molecule has 0 radical (unpaired) electrons. The summed E-state index contributed by atoms with van der Waals surface area (Å²) in [5.74, 6) is -0.615. The highest BCUT2D eigenvalue weighted by molar-refractivity contribution is 5.91. The minimum absolute atomic E-state index is 0.133. The molecule has 96 valence electrons. The molecule has 0 saturated heterocycles. The van der Waals surface area contributed by atoms with Crippen LogP contribution < -0.4 is 0 Å². The maximum absolute atomic E-state index is 11.4. The number of methoxy groups -OCH3 is 1. The van der Waals surface area contributed by atoms with Crippen LogP contribution in [-0.4, -0.2) is 23.0 Å². The summed E-state index contributed by atoms with van der Waals surface area (Å²) < 4.78 is 4.54. The number of carbonyl (C=O) groups is 1. The highest BCUT2D eigenvalue weighted by Gasteiger charge is 2.19. The topological polar surface area (TPSA) is 82.3 Å². The van der Waals surface area contributed by atoms with Crippen LogP contribution in [-0.2, 0) is 4.74 Å². The monoisotopic (exact) mass is 258 g/mol. The molecule has 0 amide bonds. The lowest BCUT2D eigenvalue weighted by atomic mass is 10.1. The summed E-state index contributed by atoms with van der Waals surface area (Å²) in [5, 5.41) is 11.1. The molecule has 0 unspecified atom stereocenters. The summed E-state index contributed by atoms with van der Waals surface area (Å²) in [5.41, 5.74) is 0.791. The summed E-state index contributed by atoms with van der Waals surface area (Å²) in [7, 11) is 1.22. The molecule has 0 aliphatic heterocycles. The van der Waals surface area contributed by atoms with E-state index in [0.29, 0.717) is 11.3 Å². The summed E-state index contributed by atoms with van der Waals surface area (Å²) in [6, 6.07) is 9.28. The van der Waals surface area contributed by atoms with Crippen molar-refractivity contribution >= 4 is 11.7 Å². The first-order valence-electron chi connectivity index (χ1n) is 5.41. The van der Waals surface area contributed by atoms with Gasteiger partial charge in [-0.25, -0.2) is 4.79 Å². The Morgan fingerprint density at radius 1 is 1.32 bits per heavy atom. The zero-order valence-electron chi connectivity index (χ0n) is 10.1. The molecule has 1 aromatic carbocycles. The van der Waals surface area contributed by atoms with Crippen molar-refractivity contribution in [3.63, 3.8) is 0 Å². The van der Waals surface area contributed by atoms with Crippen molar-refractivity contribution in [2.45, 2.75) is 0 Å². The molecule has 0 fully saturated rings. The van der Waals surface area contributed by atoms with Gasteiger partial charge in [-0.15, -0.1) is 0 Å². The fourth-order valence-corrected chi connectivity index (χ4v) is 1.67. The average molecular weight is 258 g/mol. The van der Waals surface area contributed by atoms with Gasteiger partial charge in [0.2, 0.25) is 0 Å². The summed E-state index contributed by atoms with van der Waals surface area (Å²) >= 11 is 0. The lowest BCUT2D eigenvalue weighted by molar-refractivity contribution is -0.384. The van der Waals surface area contributed by atoms with Crippen molar-refractivity contribution in [1.29, 1.82) is 0 Å². The van der Waals surface area contributed by atoms with Crippen molar-refractivity contribution in [3.8, 4) is 11.3 Å². The zero-order valence-corrected chi connectivity index (χ0v) is 10.1. The molecule has 0 bridgehead atoms. The van der Waals surface area contributed by atoms with Crippen LogP contribution in [0.5, 0.6) is 0 Å². The lowest BCUT2D eigenvalue weighted by Gasteiger charge is -2.04. The fraction of sp³-hybridized carbons (Fsp3) is 0.0769. The van der Waals surface area contributed by atoms with E-state index in [-0.39, 0.29) is 11.3 Å². The summed E-state index contributed by atoms with van der Waals surface area (Å²) in [4.78, 5) is 26.0. The van der Waals surface area contributed by atoms with Crippen molar-refractivity contribution in [2.24, 2.45) is 0 Å². The number of aromatic nitrogens is 1. The number of rotatable bonds is 3. The number of nitrogens with zero attached hydrogens (tertiary/aromatic N) is 2. The van der Waals surface area contributed by atoms with Crippen molar-refractivity contribution < 1.29 is 14.5 Å². The number of hydrogen-bond acceptors (Lipinski definition) is 5. The Hall–Kier alpha value is -2.76. The van der Waals surface area contributed by atoms with Crippen molar-refractivity contribution in [3.05, 3.63) is 58.3 Å². The molecule has 0 aliphatic carbocycles. The smallest absolute Gasteiger partial charge is 0.338 e. The van der Waals surface area contributed by atoms with Gasteiger partial charge in [0.15, 0.2) is 0 Å². The number of nitro benzene ring substituents is 1. The Kier molecular flexibility index (Phi) is 3.51. The van der Waals surface area contributed by atoms with E-state index < -0.39 is 10.9 Å². The fourth-order valence-electron chi connectivity index (χ4n) is 1.67. The molecule has 0 N–H and O–H groups in total. The van der Waals surface area contributed by atoms with Crippen LogP contribution in [0.4, 0.5) is 5.69 Å². The second-order valence-corrected chi connectivity index (χ2v) is 3.70. The van der Waals surface area contributed by atoms with Crippen molar-refractivity contribution in [1.82, 2.24) is 4.98 Å². The van der Waals surface area contributed by atoms with Crippen molar-refractivity contribution in [2.75, 3.05) is 7.11 Å². The molecule has 19 heavy (non-hydrogen) atoms. The molecule has 0 spiro atoms. The Morgan fingerprint density at radius 2 is 2.11 bits per heavy atom. The maximum Gasteiger partial charge on any atom is 0.338 e. The Bertz CT molecular complexity index is 626. The van der Waals surface area contributed by atoms with Crippen LogP contribution in [0, 0.1) is 10.1 Å². The Balaban J connectivity index is 2.57.